The van der Waals surface area contributed by atoms with E-state index in [2.05, 4.69) is 5.32 Å². The van der Waals surface area contributed by atoms with Crippen LogP contribution in [0, 0.1) is 6.92 Å². The number of sulfone groups is 1. The molecule has 2 aromatic carbocycles. The minimum atomic E-state index is -3.26. The van der Waals surface area contributed by atoms with Crippen LogP contribution in [0.3, 0.4) is 0 Å². The molecule has 20 heavy (non-hydrogen) atoms. The normalized spacial score (nSPS) is 11.3. The van der Waals surface area contributed by atoms with E-state index in [0.29, 0.717) is 16.4 Å². The summed E-state index contributed by atoms with van der Waals surface area (Å²) in [5, 5.41) is 3.77. The second kappa shape index (κ2) is 5.34. The van der Waals surface area contributed by atoms with Gasteiger partial charge < -0.3 is 11.1 Å². The van der Waals surface area contributed by atoms with Gasteiger partial charge in [-0.3, -0.25) is 0 Å². The smallest absolute Gasteiger partial charge is 0.175 e. The summed E-state index contributed by atoms with van der Waals surface area (Å²) in [5.41, 5.74) is 8.65. The third-order valence-corrected chi connectivity index (χ3v) is 4.42. The van der Waals surface area contributed by atoms with Gasteiger partial charge >= 0.3 is 0 Å². The van der Waals surface area contributed by atoms with Crippen molar-refractivity contribution in [1.29, 1.82) is 0 Å². The van der Waals surface area contributed by atoms with Crippen LogP contribution in [-0.4, -0.2) is 14.7 Å². The molecule has 0 aromatic heterocycles. The van der Waals surface area contributed by atoms with E-state index in [1.807, 2.05) is 19.1 Å². The van der Waals surface area contributed by atoms with Crippen molar-refractivity contribution in [3.05, 3.63) is 47.0 Å². The molecule has 0 spiro atoms. The molecule has 0 amide bonds. The molecule has 0 aliphatic rings. The molecule has 0 radical (unpaired) electrons. The molecular weight excluding hydrogens is 296 g/mol. The second-order valence-corrected chi connectivity index (χ2v) is 7.03. The Morgan fingerprint density at radius 2 is 1.85 bits per heavy atom. The maximum absolute atomic E-state index is 11.4. The predicted octanol–water partition coefficient (Wildman–Crippen LogP) is 3.38. The van der Waals surface area contributed by atoms with Crippen LogP contribution < -0.4 is 11.1 Å². The maximum Gasteiger partial charge on any atom is 0.175 e. The van der Waals surface area contributed by atoms with E-state index in [9.17, 15) is 8.42 Å². The molecule has 0 saturated heterocycles. The fraction of sp³-hybridized carbons (Fsp3) is 0.143. The summed E-state index contributed by atoms with van der Waals surface area (Å²) < 4.78 is 22.9. The standard InChI is InChI=1S/C14H15ClN2O2S/c1-9-3-4-10(7-12(9)15)17-14-6-5-11(8-13(14)16)20(2,18)19/h3-8,17H,16H2,1-2H3. The zero-order valence-corrected chi connectivity index (χ0v) is 12.7. The molecule has 0 atom stereocenters. The lowest BCUT2D eigenvalue weighted by Gasteiger charge is -2.11. The molecule has 0 unspecified atom stereocenters. The highest BCUT2D eigenvalue weighted by atomic mass is 35.5. The number of anilines is 3. The van der Waals surface area contributed by atoms with E-state index in [1.165, 1.54) is 12.1 Å². The van der Waals surface area contributed by atoms with E-state index < -0.39 is 9.84 Å². The van der Waals surface area contributed by atoms with Crippen LogP contribution in [0.4, 0.5) is 17.1 Å². The van der Waals surface area contributed by atoms with Crippen molar-refractivity contribution in [1.82, 2.24) is 0 Å². The van der Waals surface area contributed by atoms with Gasteiger partial charge in [0.25, 0.3) is 0 Å². The van der Waals surface area contributed by atoms with Crippen molar-refractivity contribution < 1.29 is 8.42 Å². The third kappa shape index (κ3) is 3.23. The first-order valence-electron chi connectivity index (χ1n) is 5.90. The fourth-order valence-corrected chi connectivity index (χ4v) is 2.55. The van der Waals surface area contributed by atoms with Gasteiger partial charge in [-0.25, -0.2) is 8.42 Å². The molecule has 0 aliphatic carbocycles. The highest BCUT2D eigenvalue weighted by Crippen LogP contribution is 2.28. The van der Waals surface area contributed by atoms with Gasteiger partial charge in [0, 0.05) is 17.0 Å². The lowest BCUT2D eigenvalue weighted by molar-refractivity contribution is 0.602. The number of nitrogens with one attached hydrogen (secondary N) is 1. The summed E-state index contributed by atoms with van der Waals surface area (Å²) in [5.74, 6) is 0. The topological polar surface area (TPSA) is 72.2 Å². The van der Waals surface area contributed by atoms with Gasteiger partial charge in [0.15, 0.2) is 9.84 Å². The minimum absolute atomic E-state index is 0.197. The number of nitrogens with two attached hydrogens (primary N) is 1. The van der Waals surface area contributed by atoms with Crippen LogP contribution in [-0.2, 0) is 9.84 Å². The Morgan fingerprint density at radius 3 is 2.40 bits per heavy atom. The Hall–Kier alpha value is -1.72. The monoisotopic (exact) mass is 310 g/mol. The quantitative estimate of drug-likeness (QED) is 0.852. The van der Waals surface area contributed by atoms with E-state index >= 15 is 0 Å². The van der Waals surface area contributed by atoms with Crippen LogP contribution in [0.5, 0.6) is 0 Å². The van der Waals surface area contributed by atoms with Gasteiger partial charge in [-0.1, -0.05) is 17.7 Å². The summed E-state index contributed by atoms with van der Waals surface area (Å²) >= 11 is 6.05. The van der Waals surface area contributed by atoms with Crippen molar-refractivity contribution in [3.8, 4) is 0 Å². The Kier molecular flexibility index (Phi) is 3.92. The summed E-state index contributed by atoms with van der Waals surface area (Å²) in [6.07, 6.45) is 1.15. The van der Waals surface area contributed by atoms with Crippen LogP contribution in [0.1, 0.15) is 5.56 Å². The van der Waals surface area contributed by atoms with Crippen molar-refractivity contribution in [3.63, 3.8) is 0 Å². The lowest BCUT2D eigenvalue weighted by atomic mass is 10.2. The zero-order chi connectivity index (χ0) is 14.9. The molecular formula is C14H15ClN2O2S. The molecule has 2 aromatic rings. The Morgan fingerprint density at radius 1 is 1.15 bits per heavy atom. The molecule has 0 bridgehead atoms. The van der Waals surface area contributed by atoms with E-state index in [1.54, 1.807) is 12.1 Å². The number of aryl methyl sites for hydroxylation is 1. The Balaban J connectivity index is 2.32. The second-order valence-electron chi connectivity index (χ2n) is 4.61. The van der Waals surface area contributed by atoms with E-state index in [-0.39, 0.29) is 4.90 Å². The van der Waals surface area contributed by atoms with Gasteiger partial charge in [0.2, 0.25) is 0 Å². The first-order chi connectivity index (χ1) is 9.27. The van der Waals surface area contributed by atoms with Crippen molar-refractivity contribution >= 4 is 38.5 Å². The number of hydrogen-bond donors (Lipinski definition) is 2. The average Bonchev–Trinajstić information content (AvgIpc) is 2.35. The van der Waals surface area contributed by atoms with Gasteiger partial charge in [0.05, 0.1) is 16.3 Å². The Labute approximate surface area is 123 Å². The third-order valence-electron chi connectivity index (χ3n) is 2.90. The Bertz CT molecular complexity index is 758. The van der Waals surface area contributed by atoms with Crippen molar-refractivity contribution in [2.75, 3.05) is 17.3 Å². The number of rotatable bonds is 3. The number of hydrogen-bond acceptors (Lipinski definition) is 4. The molecule has 0 aliphatic heterocycles. The minimum Gasteiger partial charge on any atom is -0.397 e. The highest BCUT2D eigenvalue weighted by Gasteiger charge is 2.09. The van der Waals surface area contributed by atoms with Crippen LogP contribution in [0.2, 0.25) is 5.02 Å². The van der Waals surface area contributed by atoms with E-state index in [0.717, 1.165) is 17.5 Å². The van der Waals surface area contributed by atoms with Crippen molar-refractivity contribution in [2.24, 2.45) is 0 Å². The van der Waals surface area contributed by atoms with Crippen LogP contribution >= 0.6 is 11.6 Å². The van der Waals surface area contributed by atoms with Gasteiger partial charge in [0.1, 0.15) is 0 Å². The SMILES string of the molecule is Cc1ccc(Nc2ccc(S(C)(=O)=O)cc2N)cc1Cl. The molecule has 3 N–H and O–H groups in total. The maximum atomic E-state index is 11.4. The number of benzene rings is 2. The lowest BCUT2D eigenvalue weighted by Crippen LogP contribution is -2.01. The molecule has 106 valence electrons. The van der Waals surface area contributed by atoms with Crippen LogP contribution in [0.15, 0.2) is 41.3 Å². The largest absolute Gasteiger partial charge is 0.397 e. The summed E-state index contributed by atoms with van der Waals surface area (Å²) in [6.45, 7) is 1.92. The molecule has 0 saturated carbocycles. The number of halogens is 1. The molecule has 2 rings (SSSR count). The first kappa shape index (κ1) is 14.7. The van der Waals surface area contributed by atoms with Crippen molar-refractivity contribution in [2.45, 2.75) is 11.8 Å². The van der Waals surface area contributed by atoms with Gasteiger partial charge in [-0.15, -0.1) is 0 Å². The zero-order valence-electron chi connectivity index (χ0n) is 11.1. The summed E-state index contributed by atoms with van der Waals surface area (Å²) in [7, 11) is -3.26. The highest BCUT2D eigenvalue weighted by molar-refractivity contribution is 7.90. The molecule has 4 nitrogen and oxygen atoms in total. The predicted molar refractivity (Wildman–Crippen MR) is 83.4 cm³/mol. The van der Waals surface area contributed by atoms with Gasteiger partial charge in [-0.05, 0) is 42.8 Å². The average molecular weight is 311 g/mol. The summed E-state index contributed by atoms with van der Waals surface area (Å²) in [6, 6.07) is 10.2. The van der Waals surface area contributed by atoms with Gasteiger partial charge in [-0.2, -0.15) is 0 Å². The molecule has 6 heteroatoms. The number of nitrogen functional groups attached to an aromatic ring is 1. The van der Waals surface area contributed by atoms with E-state index in [4.69, 9.17) is 17.3 Å². The van der Waals surface area contributed by atoms with Crippen LogP contribution in [0.25, 0.3) is 0 Å². The fourth-order valence-electron chi connectivity index (χ4n) is 1.71. The molecule has 0 heterocycles. The first-order valence-corrected chi connectivity index (χ1v) is 8.17. The summed E-state index contributed by atoms with van der Waals surface area (Å²) in [4.78, 5) is 0.197. The molecule has 0 fully saturated rings.